The lowest BCUT2D eigenvalue weighted by molar-refractivity contribution is -0.385. The lowest BCUT2D eigenvalue weighted by atomic mass is 9.82. The van der Waals surface area contributed by atoms with Gasteiger partial charge in [-0.2, -0.15) is 0 Å². The third-order valence-electron chi connectivity index (χ3n) is 14.5. The van der Waals surface area contributed by atoms with Crippen LogP contribution in [0.15, 0.2) is 84.6 Å². The molecule has 88 heavy (non-hydrogen) atoms. The molecule has 2 saturated carbocycles. The molecule has 0 spiro atoms. The van der Waals surface area contributed by atoms with Gasteiger partial charge in [-0.05, 0) is 131 Å². The van der Waals surface area contributed by atoms with Crippen LogP contribution in [0.4, 0.5) is 36.2 Å². The third kappa shape index (κ3) is 19.3. The van der Waals surface area contributed by atoms with Crippen LogP contribution >= 0.6 is 0 Å². The first kappa shape index (κ1) is 67.1. The fraction of sp³-hybridized carbons (Fsp3) is 0.554. The van der Waals surface area contributed by atoms with Crippen LogP contribution in [-0.2, 0) is 62.5 Å². The number of nitro groups is 3. The molecular weight excluding hydrogens is 1170 g/mol. The molecule has 2 heterocycles. The van der Waals surface area contributed by atoms with Crippen LogP contribution in [-0.4, -0.2) is 182 Å². The van der Waals surface area contributed by atoms with Crippen LogP contribution < -0.4 is 26.6 Å². The number of aliphatic hydroxyl groups is 4. The van der Waals surface area contributed by atoms with Gasteiger partial charge in [0.1, 0.15) is 67.3 Å². The molecule has 2 aliphatic heterocycles. The first-order valence-electron chi connectivity index (χ1n) is 28.1. The Morgan fingerprint density at radius 1 is 0.716 bits per heavy atom. The summed E-state index contributed by atoms with van der Waals surface area (Å²) in [5.41, 5.74) is -2.42. The number of ether oxygens (including phenoxy) is 8. The Bertz CT molecular complexity index is 2960. The summed E-state index contributed by atoms with van der Waals surface area (Å²) in [7, 11) is 1.26. The lowest BCUT2D eigenvalue weighted by Gasteiger charge is -2.50. The SMILES string of the molecule is CN(C(=O)OC(C)(C)C)[C@@H]1[C@@H](O)[C@@H](O[C@@H]2[C@@H](O)[C@H](O[C@H]3OC(CNCC4CC4)=CC[C@H]3NC(=O)OCc3ccc([N+](=O)[O-])cc3)[C@@H](NC(=O)OCc3ccc([N+](=O)[O-])cc3)C[C@H]2NC(=O)[C@H](O)CCNC(=O)OCc2ccc([N+](=O)[O-])cc2)OC[C@]1(C)O. The molecule has 12 atom stereocenters. The number of nitro benzene ring substituents is 3. The number of likely N-dealkylation sites (N-methyl/N-ethyl adjacent to an activating group) is 1. The van der Waals surface area contributed by atoms with Crippen molar-refractivity contribution in [3.63, 3.8) is 0 Å². The summed E-state index contributed by atoms with van der Waals surface area (Å²) in [6.07, 6.45) is -13.9. The molecule has 3 aromatic carbocycles. The van der Waals surface area contributed by atoms with Crippen molar-refractivity contribution in [3.8, 4) is 0 Å². The first-order chi connectivity index (χ1) is 41.6. The zero-order valence-electron chi connectivity index (χ0n) is 48.8. The van der Waals surface area contributed by atoms with Gasteiger partial charge in [-0.25, -0.2) is 19.2 Å². The highest BCUT2D eigenvalue weighted by Gasteiger charge is 2.55. The number of hydrogen-bond acceptors (Lipinski definition) is 24. The summed E-state index contributed by atoms with van der Waals surface area (Å²) in [4.78, 5) is 100. The van der Waals surface area contributed by atoms with Crippen molar-refractivity contribution in [2.24, 2.45) is 5.92 Å². The zero-order chi connectivity index (χ0) is 64.0. The van der Waals surface area contributed by atoms with E-state index in [2.05, 4.69) is 26.6 Å². The monoisotopic (exact) mass is 1240 g/mol. The van der Waals surface area contributed by atoms with Crippen LogP contribution in [0.25, 0.3) is 0 Å². The van der Waals surface area contributed by atoms with Crippen molar-refractivity contribution in [3.05, 3.63) is 132 Å². The molecule has 5 amide bonds. The fourth-order valence-corrected chi connectivity index (χ4v) is 9.79. The van der Waals surface area contributed by atoms with Crippen molar-refractivity contribution < 1.29 is 97.1 Å². The summed E-state index contributed by atoms with van der Waals surface area (Å²) >= 11 is 0. The van der Waals surface area contributed by atoms with Crippen LogP contribution in [0.5, 0.6) is 0 Å². The molecule has 2 aliphatic carbocycles. The van der Waals surface area contributed by atoms with Gasteiger partial charge in [0, 0.05) is 50.0 Å². The number of non-ortho nitro benzene ring substituents is 3. The standard InChI is InChI=1S/C56H73N9O23/c1-55(2,3)88-54(73)62(5)47-44(68)50(84-30-56(47,4)74)87-45-40(59-48(69)42(66)22-23-58-51(70)81-27-32-8-14-35(15-9-32)63(75)76)24-41(61-53(72)83-29-34-12-18-37(19-13-34)65(79)80)46(43(45)67)86-49-39(21-20-38(85-49)26-57-25-31-6-7-31)60-52(71)82-28-33-10-16-36(17-11-33)64(77)78/h8-20,31,39-47,49-50,57,66-68,74H,6-7,21-30H2,1-5H3,(H,58,70)(H,59,69)(H,60,71)(H,61,72)/t39-,40-,41+,42-,43-,44-,45+,46-,47-,49-,50-,56+/m1/s1. The summed E-state index contributed by atoms with van der Waals surface area (Å²) in [5, 5.41) is 95.0. The minimum absolute atomic E-state index is 0.0351. The quantitative estimate of drug-likeness (QED) is 0.0334. The Morgan fingerprint density at radius 2 is 1.19 bits per heavy atom. The van der Waals surface area contributed by atoms with E-state index in [-0.39, 0.29) is 49.8 Å². The summed E-state index contributed by atoms with van der Waals surface area (Å²) in [5.74, 6) is -0.298. The van der Waals surface area contributed by atoms with Crippen molar-refractivity contribution in [2.75, 3.05) is 33.3 Å². The number of aliphatic hydroxyl groups excluding tert-OH is 3. The molecule has 3 aromatic rings. The molecular formula is C56H73N9O23. The van der Waals surface area contributed by atoms with E-state index < -0.39 is 150 Å². The lowest BCUT2D eigenvalue weighted by Crippen LogP contribution is -2.70. The average molecular weight is 1240 g/mol. The number of benzene rings is 3. The predicted molar refractivity (Wildman–Crippen MR) is 302 cm³/mol. The third-order valence-corrected chi connectivity index (χ3v) is 14.5. The van der Waals surface area contributed by atoms with Crippen molar-refractivity contribution in [1.82, 2.24) is 31.5 Å². The van der Waals surface area contributed by atoms with Gasteiger partial charge < -0.3 is 89.8 Å². The summed E-state index contributed by atoms with van der Waals surface area (Å²) in [6, 6.07) is 10.0. The van der Waals surface area contributed by atoms with Crippen molar-refractivity contribution in [2.45, 2.75) is 158 Å². The number of nitrogens with one attached hydrogen (secondary N) is 5. The summed E-state index contributed by atoms with van der Waals surface area (Å²) in [6.45, 7) is 4.99. The number of nitrogens with zero attached hydrogens (tertiary/aromatic N) is 4. The minimum atomic E-state index is -2.05. The number of amides is 5. The van der Waals surface area contributed by atoms with E-state index in [9.17, 15) is 74.7 Å². The Morgan fingerprint density at radius 3 is 1.68 bits per heavy atom. The molecule has 0 aromatic heterocycles. The summed E-state index contributed by atoms with van der Waals surface area (Å²) < 4.78 is 47.0. The molecule has 4 aliphatic rings. The van der Waals surface area contributed by atoms with E-state index in [0.717, 1.165) is 17.7 Å². The Labute approximate surface area is 503 Å². The molecule has 0 radical (unpaired) electrons. The van der Waals surface area contributed by atoms with Gasteiger partial charge >= 0.3 is 24.4 Å². The van der Waals surface area contributed by atoms with Crippen LogP contribution in [0.2, 0.25) is 0 Å². The second-order valence-electron chi connectivity index (χ2n) is 22.8. The second-order valence-corrected chi connectivity index (χ2v) is 22.8. The molecule has 9 N–H and O–H groups in total. The highest BCUT2D eigenvalue weighted by Crippen LogP contribution is 2.35. The molecule has 0 unspecified atom stereocenters. The molecule has 7 rings (SSSR count). The smallest absolute Gasteiger partial charge is 0.410 e. The van der Waals surface area contributed by atoms with E-state index in [0.29, 0.717) is 34.9 Å². The van der Waals surface area contributed by atoms with E-state index in [1.807, 2.05) is 0 Å². The van der Waals surface area contributed by atoms with Gasteiger partial charge in [-0.1, -0.05) is 0 Å². The first-order valence-corrected chi connectivity index (χ1v) is 28.1. The van der Waals surface area contributed by atoms with Crippen molar-refractivity contribution in [1.29, 1.82) is 0 Å². The van der Waals surface area contributed by atoms with Crippen LogP contribution in [0.3, 0.4) is 0 Å². The van der Waals surface area contributed by atoms with Crippen LogP contribution in [0, 0.1) is 36.3 Å². The van der Waals surface area contributed by atoms with Gasteiger partial charge in [0.05, 0.1) is 52.1 Å². The second kappa shape index (κ2) is 30.0. The molecule has 1 saturated heterocycles. The van der Waals surface area contributed by atoms with E-state index >= 15 is 0 Å². The predicted octanol–water partition coefficient (Wildman–Crippen LogP) is 3.33. The molecule has 32 heteroatoms. The molecule has 480 valence electrons. The highest BCUT2D eigenvalue weighted by molar-refractivity contribution is 5.81. The Kier molecular flexibility index (Phi) is 22.9. The van der Waals surface area contributed by atoms with E-state index in [4.69, 9.17) is 37.9 Å². The number of alkyl carbamates (subject to hydrolysis) is 3. The number of rotatable bonds is 25. The maximum absolute atomic E-state index is 14.1. The van der Waals surface area contributed by atoms with E-state index in [1.54, 1.807) is 26.8 Å². The minimum Gasteiger partial charge on any atom is -0.466 e. The van der Waals surface area contributed by atoms with Gasteiger partial charge in [-0.3, -0.25) is 35.1 Å². The van der Waals surface area contributed by atoms with E-state index in [1.165, 1.54) is 86.8 Å². The largest absolute Gasteiger partial charge is 0.466 e. The molecule has 32 nitrogen and oxygen atoms in total. The van der Waals surface area contributed by atoms with Gasteiger partial charge in [0.15, 0.2) is 6.29 Å². The maximum Gasteiger partial charge on any atom is 0.410 e. The normalized spacial score (nSPS) is 25.4. The molecule has 3 fully saturated rings. The fourth-order valence-electron chi connectivity index (χ4n) is 9.79. The zero-order valence-corrected chi connectivity index (χ0v) is 48.8. The number of carbonyl (C=O) groups excluding carboxylic acids is 5. The van der Waals surface area contributed by atoms with Gasteiger partial charge in [0.2, 0.25) is 12.2 Å². The average Bonchev–Trinajstić information content (AvgIpc) is 1.22. The highest BCUT2D eigenvalue weighted by atomic mass is 16.7. The number of carbonyl (C=O) groups is 5. The van der Waals surface area contributed by atoms with Crippen LogP contribution in [0.1, 0.15) is 76.5 Å². The van der Waals surface area contributed by atoms with Gasteiger partial charge in [0.25, 0.3) is 17.1 Å². The number of hydrogen-bond donors (Lipinski definition) is 9. The molecule has 0 bridgehead atoms. The van der Waals surface area contributed by atoms with Gasteiger partial charge in [-0.15, -0.1) is 0 Å². The Hall–Kier alpha value is -8.37. The topological polar surface area (TPSA) is 433 Å². The van der Waals surface area contributed by atoms with Crippen molar-refractivity contribution >= 4 is 47.3 Å². The Balaban J connectivity index is 1.17. The maximum atomic E-state index is 14.1.